The van der Waals surface area contributed by atoms with Gasteiger partial charge in [0.25, 0.3) is 5.56 Å². The average molecular weight is 590 g/mol. The van der Waals surface area contributed by atoms with Gasteiger partial charge in [0, 0.05) is 50.6 Å². The van der Waals surface area contributed by atoms with Crippen molar-refractivity contribution in [3.05, 3.63) is 58.3 Å². The molecule has 0 bridgehead atoms. The first kappa shape index (κ1) is 29.6. The maximum absolute atomic E-state index is 13.3. The van der Waals surface area contributed by atoms with Crippen LogP contribution < -0.4 is 15.0 Å². The Kier molecular flexibility index (Phi) is 8.31. The van der Waals surface area contributed by atoms with Crippen molar-refractivity contribution in [2.24, 2.45) is 0 Å². The Morgan fingerprint density at radius 1 is 1.02 bits per heavy atom. The molecule has 0 radical (unpaired) electrons. The zero-order chi connectivity index (χ0) is 30.1. The Balaban J connectivity index is 1.27. The normalized spacial score (nSPS) is 16.4. The van der Waals surface area contributed by atoms with Gasteiger partial charge in [-0.15, -0.1) is 0 Å². The van der Waals surface area contributed by atoms with Gasteiger partial charge in [0.05, 0.1) is 35.0 Å². The number of hydrogen-bond acceptors (Lipinski definition) is 8. The second kappa shape index (κ2) is 11.8. The SMILES string of the molecule is CC(C)(C)OC(=O)N(Cc1cc2c(cn1)OCCO2)C1CCN(CCn2c(=O)ccc3ncc(C(F)(F)F)cc32)CC1. The fourth-order valence-corrected chi connectivity index (χ4v) is 5.16. The summed E-state index contributed by atoms with van der Waals surface area (Å²) in [6.07, 6.45) is -1.33. The lowest BCUT2D eigenvalue weighted by molar-refractivity contribution is -0.137. The molecule has 226 valence electrons. The number of halogens is 3. The highest BCUT2D eigenvalue weighted by Crippen LogP contribution is 2.32. The summed E-state index contributed by atoms with van der Waals surface area (Å²) in [6, 6.07) is 5.38. The van der Waals surface area contributed by atoms with E-state index in [2.05, 4.69) is 14.9 Å². The molecule has 1 saturated heterocycles. The van der Waals surface area contributed by atoms with E-state index in [1.165, 1.54) is 16.7 Å². The van der Waals surface area contributed by atoms with E-state index < -0.39 is 23.4 Å². The Bertz CT molecular complexity index is 1500. The van der Waals surface area contributed by atoms with Gasteiger partial charge in [-0.2, -0.15) is 13.2 Å². The van der Waals surface area contributed by atoms with E-state index in [4.69, 9.17) is 14.2 Å². The summed E-state index contributed by atoms with van der Waals surface area (Å²) in [6.45, 7) is 8.50. The predicted molar refractivity (Wildman–Crippen MR) is 147 cm³/mol. The van der Waals surface area contributed by atoms with Crippen LogP contribution in [0.15, 0.2) is 41.5 Å². The number of hydrogen-bond donors (Lipinski definition) is 0. The van der Waals surface area contributed by atoms with Crippen molar-refractivity contribution in [2.45, 2.75) is 64.5 Å². The molecule has 5 heterocycles. The van der Waals surface area contributed by atoms with Gasteiger partial charge >= 0.3 is 12.3 Å². The second-order valence-corrected chi connectivity index (χ2v) is 11.4. The van der Waals surface area contributed by atoms with Gasteiger partial charge in [0.1, 0.15) is 18.8 Å². The second-order valence-electron chi connectivity index (χ2n) is 11.4. The van der Waals surface area contributed by atoms with Crippen LogP contribution in [0, 0.1) is 0 Å². The van der Waals surface area contributed by atoms with Crippen LogP contribution in [0.25, 0.3) is 11.0 Å². The molecule has 2 aliphatic heterocycles. The first-order valence-electron chi connectivity index (χ1n) is 13.9. The molecule has 0 saturated carbocycles. The van der Waals surface area contributed by atoms with E-state index in [9.17, 15) is 22.8 Å². The average Bonchev–Trinajstić information content (AvgIpc) is 2.94. The molecule has 42 heavy (non-hydrogen) atoms. The Hall–Kier alpha value is -3.87. The molecule has 3 aromatic heterocycles. The zero-order valence-electron chi connectivity index (χ0n) is 23.8. The summed E-state index contributed by atoms with van der Waals surface area (Å²) in [5.41, 5.74) is -0.846. The molecule has 5 rings (SSSR count). The van der Waals surface area contributed by atoms with Crippen LogP contribution in [0.1, 0.15) is 44.9 Å². The number of amides is 1. The third-order valence-electron chi connectivity index (χ3n) is 7.25. The minimum atomic E-state index is -4.56. The first-order valence-corrected chi connectivity index (χ1v) is 13.9. The van der Waals surface area contributed by atoms with Crippen molar-refractivity contribution < 1.29 is 32.2 Å². The third-order valence-corrected chi connectivity index (χ3v) is 7.25. The summed E-state index contributed by atoms with van der Waals surface area (Å²) in [7, 11) is 0. The van der Waals surface area contributed by atoms with Crippen molar-refractivity contribution in [3.63, 3.8) is 0 Å². The molecule has 1 amide bonds. The van der Waals surface area contributed by atoms with E-state index in [1.54, 1.807) is 17.2 Å². The minimum Gasteiger partial charge on any atom is -0.486 e. The van der Waals surface area contributed by atoms with Gasteiger partial charge in [0.2, 0.25) is 0 Å². The highest BCUT2D eigenvalue weighted by atomic mass is 19.4. The lowest BCUT2D eigenvalue weighted by Gasteiger charge is -2.39. The van der Waals surface area contributed by atoms with Crippen LogP contribution in [0.3, 0.4) is 0 Å². The number of piperidine rings is 1. The summed E-state index contributed by atoms with van der Waals surface area (Å²) >= 11 is 0. The number of ether oxygens (including phenoxy) is 3. The summed E-state index contributed by atoms with van der Waals surface area (Å²) in [5, 5.41) is 0. The standard InChI is InChI=1S/C29H34F3N5O5/c1-28(2,3)42-27(39)37(18-20-15-24-25(17-33-20)41-13-12-40-24)21-6-8-35(9-7-21)10-11-36-23-14-19(29(30,31)32)16-34-22(23)4-5-26(36)38/h4-5,14-17,21H,6-13,18H2,1-3H3. The van der Waals surface area contributed by atoms with Crippen molar-refractivity contribution in [3.8, 4) is 11.5 Å². The van der Waals surface area contributed by atoms with Crippen molar-refractivity contribution in [1.82, 2.24) is 24.3 Å². The molecular formula is C29H34F3N5O5. The van der Waals surface area contributed by atoms with E-state index in [1.807, 2.05) is 20.8 Å². The molecule has 0 atom stereocenters. The lowest BCUT2D eigenvalue weighted by atomic mass is 10.0. The largest absolute Gasteiger partial charge is 0.486 e. The number of carbonyl (C=O) groups excluding carboxylic acids is 1. The smallest absolute Gasteiger partial charge is 0.417 e. The molecule has 0 aliphatic carbocycles. The maximum atomic E-state index is 13.3. The van der Waals surface area contributed by atoms with E-state index in [-0.39, 0.29) is 30.2 Å². The molecule has 0 unspecified atom stereocenters. The monoisotopic (exact) mass is 589 g/mol. The number of alkyl halides is 3. The molecular weight excluding hydrogens is 555 g/mol. The van der Waals surface area contributed by atoms with Crippen LogP contribution in [0.5, 0.6) is 11.5 Å². The van der Waals surface area contributed by atoms with Crippen LogP contribution in [-0.2, 0) is 24.0 Å². The third kappa shape index (κ3) is 6.94. The fraction of sp³-hybridized carbons (Fsp3) is 0.517. The fourth-order valence-electron chi connectivity index (χ4n) is 5.16. The number of rotatable bonds is 6. The van der Waals surface area contributed by atoms with Crippen LogP contribution in [0.2, 0.25) is 0 Å². The molecule has 0 aromatic carbocycles. The Morgan fingerprint density at radius 2 is 1.74 bits per heavy atom. The maximum Gasteiger partial charge on any atom is 0.417 e. The van der Waals surface area contributed by atoms with Crippen LogP contribution in [-0.4, -0.2) is 74.9 Å². The number of carbonyl (C=O) groups is 1. The van der Waals surface area contributed by atoms with Crippen LogP contribution in [0.4, 0.5) is 18.0 Å². The Morgan fingerprint density at radius 3 is 2.43 bits per heavy atom. The van der Waals surface area contributed by atoms with E-state index in [0.29, 0.717) is 68.4 Å². The number of nitrogens with zero attached hydrogens (tertiary/aromatic N) is 5. The Labute approximate surface area is 241 Å². The quantitative estimate of drug-likeness (QED) is 0.415. The zero-order valence-corrected chi connectivity index (χ0v) is 23.8. The van der Waals surface area contributed by atoms with Gasteiger partial charge in [-0.25, -0.2) is 4.79 Å². The van der Waals surface area contributed by atoms with Gasteiger partial charge < -0.3 is 23.7 Å². The lowest BCUT2D eigenvalue weighted by Crippen LogP contribution is -2.49. The highest BCUT2D eigenvalue weighted by Gasteiger charge is 2.33. The number of fused-ring (bicyclic) bond motifs is 2. The minimum absolute atomic E-state index is 0.120. The summed E-state index contributed by atoms with van der Waals surface area (Å²) < 4.78 is 58.2. The first-order chi connectivity index (χ1) is 19.9. The molecule has 13 heteroatoms. The molecule has 0 N–H and O–H groups in total. The summed E-state index contributed by atoms with van der Waals surface area (Å²) in [5.74, 6) is 1.16. The number of aromatic nitrogens is 3. The van der Waals surface area contributed by atoms with Crippen molar-refractivity contribution >= 4 is 17.1 Å². The molecule has 2 aliphatic rings. The van der Waals surface area contributed by atoms with E-state index in [0.717, 1.165) is 12.3 Å². The molecule has 1 fully saturated rings. The van der Waals surface area contributed by atoms with Crippen LogP contribution >= 0.6 is 0 Å². The molecule has 0 spiro atoms. The number of pyridine rings is 3. The van der Waals surface area contributed by atoms with Crippen molar-refractivity contribution in [2.75, 3.05) is 32.8 Å². The van der Waals surface area contributed by atoms with Crippen molar-refractivity contribution in [1.29, 1.82) is 0 Å². The van der Waals surface area contributed by atoms with Gasteiger partial charge in [-0.05, 0) is 45.7 Å². The number of likely N-dealkylation sites (tertiary alicyclic amines) is 1. The van der Waals surface area contributed by atoms with Gasteiger partial charge in [-0.1, -0.05) is 0 Å². The predicted octanol–water partition coefficient (Wildman–Crippen LogP) is 4.48. The molecule has 10 nitrogen and oxygen atoms in total. The van der Waals surface area contributed by atoms with Gasteiger partial charge in [0.15, 0.2) is 11.5 Å². The molecule has 3 aromatic rings. The highest BCUT2D eigenvalue weighted by molar-refractivity contribution is 5.75. The van der Waals surface area contributed by atoms with Gasteiger partial charge in [-0.3, -0.25) is 19.7 Å². The van der Waals surface area contributed by atoms with E-state index >= 15 is 0 Å². The topological polar surface area (TPSA) is 99.0 Å². The summed E-state index contributed by atoms with van der Waals surface area (Å²) in [4.78, 5) is 38.1.